The summed E-state index contributed by atoms with van der Waals surface area (Å²) in [6.07, 6.45) is 1.55. The average molecular weight is 247 g/mol. The minimum Gasteiger partial charge on any atom is -0.481 e. The number of nitrogens with one attached hydrogen (secondary N) is 1. The third kappa shape index (κ3) is 2.65. The van der Waals surface area contributed by atoms with Gasteiger partial charge in [0.1, 0.15) is 0 Å². The van der Waals surface area contributed by atoms with Crippen LogP contribution in [0.1, 0.15) is 12.8 Å². The Labute approximate surface area is 103 Å². The van der Waals surface area contributed by atoms with Gasteiger partial charge in [-0.3, -0.25) is 14.3 Å². The van der Waals surface area contributed by atoms with Crippen LogP contribution < -0.4 is 5.32 Å². The summed E-state index contributed by atoms with van der Waals surface area (Å²) in [7, 11) is 1.82. The summed E-state index contributed by atoms with van der Waals surface area (Å²) in [4.78, 5) is 21.8. The van der Waals surface area contributed by atoms with Gasteiger partial charge >= 0.3 is 5.97 Å². The molecular formula is C12H13N3O3. The Bertz CT molecular complexity index is 604. The van der Waals surface area contributed by atoms with Crippen LogP contribution in [-0.2, 0) is 16.6 Å². The Morgan fingerprint density at radius 1 is 1.39 bits per heavy atom. The van der Waals surface area contributed by atoms with E-state index in [0.717, 1.165) is 10.9 Å². The largest absolute Gasteiger partial charge is 0.481 e. The zero-order valence-corrected chi connectivity index (χ0v) is 9.88. The number of carboxylic acid groups (broad SMARTS) is 1. The lowest BCUT2D eigenvalue weighted by molar-refractivity contribution is -0.138. The Hall–Kier alpha value is -2.37. The van der Waals surface area contributed by atoms with Crippen LogP contribution in [0.3, 0.4) is 0 Å². The maximum absolute atomic E-state index is 11.5. The number of aryl methyl sites for hydroxylation is 1. The Kier molecular flexibility index (Phi) is 3.27. The monoisotopic (exact) mass is 247 g/mol. The number of aromatic nitrogens is 2. The predicted octanol–water partition coefficient (Wildman–Crippen LogP) is 1.38. The smallest absolute Gasteiger partial charge is 0.303 e. The molecule has 18 heavy (non-hydrogen) atoms. The fourth-order valence-electron chi connectivity index (χ4n) is 1.67. The van der Waals surface area contributed by atoms with Gasteiger partial charge in [-0.2, -0.15) is 5.10 Å². The highest BCUT2D eigenvalue weighted by Crippen LogP contribution is 2.18. The van der Waals surface area contributed by atoms with Gasteiger partial charge in [-0.1, -0.05) is 0 Å². The maximum Gasteiger partial charge on any atom is 0.303 e. The Morgan fingerprint density at radius 2 is 2.17 bits per heavy atom. The van der Waals surface area contributed by atoms with Gasteiger partial charge in [0, 0.05) is 24.5 Å². The molecular weight excluding hydrogens is 234 g/mol. The highest BCUT2D eigenvalue weighted by atomic mass is 16.4. The molecule has 0 bridgehead atoms. The zero-order valence-electron chi connectivity index (χ0n) is 9.88. The first-order chi connectivity index (χ1) is 8.56. The number of carbonyl (C=O) groups is 2. The van der Waals surface area contributed by atoms with Crippen molar-refractivity contribution in [2.24, 2.45) is 7.05 Å². The highest BCUT2D eigenvalue weighted by molar-refractivity contribution is 5.94. The molecule has 0 fully saturated rings. The quantitative estimate of drug-likeness (QED) is 0.854. The molecule has 1 amide bonds. The first-order valence-corrected chi connectivity index (χ1v) is 5.49. The molecule has 6 nitrogen and oxygen atoms in total. The molecule has 1 aromatic heterocycles. The molecule has 0 spiro atoms. The second-order valence-electron chi connectivity index (χ2n) is 3.98. The number of anilines is 1. The van der Waals surface area contributed by atoms with Gasteiger partial charge in [0.2, 0.25) is 5.91 Å². The Morgan fingerprint density at radius 3 is 2.89 bits per heavy atom. The summed E-state index contributed by atoms with van der Waals surface area (Å²) in [5.74, 6) is -1.29. The van der Waals surface area contributed by atoms with E-state index in [0.29, 0.717) is 5.69 Å². The second kappa shape index (κ2) is 4.87. The number of hydrogen-bond acceptors (Lipinski definition) is 3. The maximum atomic E-state index is 11.5. The minimum atomic E-state index is -0.979. The van der Waals surface area contributed by atoms with Crippen LogP contribution in [-0.4, -0.2) is 26.8 Å². The van der Waals surface area contributed by atoms with E-state index >= 15 is 0 Å². The van der Waals surface area contributed by atoms with E-state index in [2.05, 4.69) is 10.4 Å². The highest BCUT2D eigenvalue weighted by Gasteiger charge is 2.07. The lowest BCUT2D eigenvalue weighted by Crippen LogP contribution is -2.13. The van der Waals surface area contributed by atoms with Crippen molar-refractivity contribution in [2.45, 2.75) is 12.8 Å². The molecule has 0 saturated carbocycles. The molecule has 2 rings (SSSR count). The van der Waals surface area contributed by atoms with Crippen LogP contribution >= 0.6 is 0 Å². The number of benzene rings is 1. The third-order valence-corrected chi connectivity index (χ3v) is 2.60. The van der Waals surface area contributed by atoms with E-state index in [4.69, 9.17) is 5.11 Å². The molecule has 6 heteroatoms. The predicted molar refractivity (Wildman–Crippen MR) is 66.2 cm³/mol. The number of carbonyl (C=O) groups excluding carboxylic acids is 1. The van der Waals surface area contributed by atoms with E-state index < -0.39 is 5.97 Å². The van der Waals surface area contributed by atoms with Crippen LogP contribution in [0.25, 0.3) is 10.9 Å². The first kappa shape index (κ1) is 12.1. The average Bonchev–Trinajstić information content (AvgIpc) is 2.69. The molecule has 94 valence electrons. The summed E-state index contributed by atoms with van der Waals surface area (Å²) < 4.78 is 1.71. The second-order valence-corrected chi connectivity index (χ2v) is 3.98. The zero-order chi connectivity index (χ0) is 13.1. The summed E-state index contributed by atoms with van der Waals surface area (Å²) in [5.41, 5.74) is 1.55. The van der Waals surface area contributed by atoms with Crippen molar-refractivity contribution in [1.29, 1.82) is 0 Å². The van der Waals surface area contributed by atoms with Crippen molar-refractivity contribution < 1.29 is 14.7 Å². The summed E-state index contributed by atoms with van der Waals surface area (Å²) in [6.45, 7) is 0. The van der Waals surface area contributed by atoms with E-state index in [9.17, 15) is 9.59 Å². The number of rotatable bonds is 4. The normalized spacial score (nSPS) is 10.5. The molecule has 1 heterocycles. The fourth-order valence-corrected chi connectivity index (χ4v) is 1.67. The summed E-state index contributed by atoms with van der Waals surface area (Å²) in [5, 5.41) is 16.2. The van der Waals surface area contributed by atoms with Crippen LogP contribution in [0.2, 0.25) is 0 Å². The van der Waals surface area contributed by atoms with Crippen molar-refractivity contribution in [3.05, 3.63) is 24.4 Å². The third-order valence-electron chi connectivity index (χ3n) is 2.60. The lowest BCUT2D eigenvalue weighted by atomic mass is 10.2. The number of carboxylic acids is 1. The van der Waals surface area contributed by atoms with Crippen LogP contribution in [0.15, 0.2) is 24.4 Å². The van der Waals surface area contributed by atoms with Crippen molar-refractivity contribution in [2.75, 3.05) is 5.32 Å². The fraction of sp³-hybridized carbons (Fsp3) is 0.250. The standard InChI is InChI=1S/C12H13N3O3/c1-15-10-6-9(3-2-8(10)7-13-15)14-11(16)4-5-12(17)18/h2-3,6-7H,4-5H2,1H3,(H,14,16)(H,17,18). The molecule has 0 aliphatic rings. The summed E-state index contributed by atoms with van der Waals surface area (Å²) in [6, 6.07) is 5.43. The van der Waals surface area contributed by atoms with Gasteiger partial charge in [-0.05, 0) is 18.2 Å². The van der Waals surface area contributed by atoms with E-state index in [-0.39, 0.29) is 18.7 Å². The summed E-state index contributed by atoms with van der Waals surface area (Å²) >= 11 is 0. The molecule has 0 unspecified atom stereocenters. The van der Waals surface area contributed by atoms with Gasteiger partial charge in [-0.25, -0.2) is 0 Å². The topological polar surface area (TPSA) is 84.2 Å². The van der Waals surface area contributed by atoms with Crippen molar-refractivity contribution >= 4 is 28.5 Å². The molecule has 2 aromatic rings. The molecule has 0 radical (unpaired) electrons. The lowest BCUT2D eigenvalue weighted by Gasteiger charge is -2.04. The molecule has 0 aliphatic carbocycles. The minimum absolute atomic E-state index is 0.0290. The molecule has 0 aliphatic heterocycles. The number of fused-ring (bicyclic) bond motifs is 1. The SMILES string of the molecule is Cn1ncc2ccc(NC(=O)CCC(=O)O)cc21. The first-order valence-electron chi connectivity index (χ1n) is 5.49. The van der Waals surface area contributed by atoms with Gasteiger partial charge in [-0.15, -0.1) is 0 Å². The van der Waals surface area contributed by atoms with Crippen LogP contribution in [0.5, 0.6) is 0 Å². The van der Waals surface area contributed by atoms with Gasteiger partial charge in [0.05, 0.1) is 18.1 Å². The number of aliphatic carboxylic acids is 1. The van der Waals surface area contributed by atoms with Gasteiger partial charge in [0.25, 0.3) is 0 Å². The van der Waals surface area contributed by atoms with Crippen molar-refractivity contribution in [1.82, 2.24) is 9.78 Å². The van der Waals surface area contributed by atoms with Gasteiger partial charge < -0.3 is 10.4 Å². The van der Waals surface area contributed by atoms with Crippen LogP contribution in [0.4, 0.5) is 5.69 Å². The van der Waals surface area contributed by atoms with Gasteiger partial charge in [0.15, 0.2) is 0 Å². The van der Waals surface area contributed by atoms with Crippen molar-refractivity contribution in [3.63, 3.8) is 0 Å². The number of hydrogen-bond donors (Lipinski definition) is 2. The van der Waals surface area contributed by atoms with E-state index in [1.807, 2.05) is 13.1 Å². The molecule has 0 saturated heterocycles. The molecule has 1 aromatic carbocycles. The number of amides is 1. The van der Waals surface area contributed by atoms with E-state index in [1.165, 1.54) is 0 Å². The van der Waals surface area contributed by atoms with Crippen molar-refractivity contribution in [3.8, 4) is 0 Å². The molecule has 2 N–H and O–H groups in total. The number of nitrogens with zero attached hydrogens (tertiary/aromatic N) is 2. The molecule has 0 atom stereocenters. The van der Waals surface area contributed by atoms with E-state index in [1.54, 1.807) is 23.0 Å². The van der Waals surface area contributed by atoms with Crippen LogP contribution in [0, 0.1) is 0 Å². The Balaban J connectivity index is 2.09.